The van der Waals surface area contributed by atoms with Gasteiger partial charge in [0.1, 0.15) is 17.0 Å². The van der Waals surface area contributed by atoms with Crippen molar-refractivity contribution in [3.63, 3.8) is 0 Å². The minimum atomic E-state index is -0.326. The van der Waals surface area contributed by atoms with Crippen LogP contribution in [0.25, 0.3) is 5.65 Å². The van der Waals surface area contributed by atoms with E-state index in [9.17, 15) is 4.79 Å². The summed E-state index contributed by atoms with van der Waals surface area (Å²) in [7, 11) is 0. The number of pyridine rings is 1. The number of fused-ring (bicyclic) bond motifs is 1. The Morgan fingerprint density at radius 3 is 2.74 bits per heavy atom. The predicted octanol–water partition coefficient (Wildman–Crippen LogP) is 3.21. The van der Waals surface area contributed by atoms with Crippen LogP contribution in [0.3, 0.4) is 0 Å². The van der Waals surface area contributed by atoms with Gasteiger partial charge in [0.2, 0.25) is 0 Å². The summed E-state index contributed by atoms with van der Waals surface area (Å²) in [4.78, 5) is 17.1. The molecule has 0 amide bonds. The van der Waals surface area contributed by atoms with Crippen LogP contribution in [0.1, 0.15) is 11.1 Å². The zero-order valence-electron chi connectivity index (χ0n) is 12.2. The Hall–Kier alpha value is -2.86. The van der Waals surface area contributed by atoms with Crippen LogP contribution in [-0.2, 0) is 0 Å². The third-order valence-corrected chi connectivity index (χ3v) is 3.63. The molecule has 0 aliphatic heterocycles. The summed E-state index contributed by atoms with van der Waals surface area (Å²) in [6, 6.07) is 10.6. The van der Waals surface area contributed by atoms with Crippen molar-refractivity contribution in [2.45, 2.75) is 6.92 Å². The second-order valence-electron chi connectivity index (χ2n) is 4.94. The molecule has 0 radical (unpaired) electrons. The summed E-state index contributed by atoms with van der Waals surface area (Å²) in [6.45, 7) is 1.87. The van der Waals surface area contributed by atoms with Gasteiger partial charge in [-0.2, -0.15) is 0 Å². The molecule has 6 nitrogen and oxygen atoms in total. The van der Waals surface area contributed by atoms with Gasteiger partial charge in [0.05, 0.1) is 6.21 Å². The van der Waals surface area contributed by atoms with E-state index >= 15 is 0 Å². The van der Waals surface area contributed by atoms with Gasteiger partial charge in [0, 0.05) is 16.9 Å². The van der Waals surface area contributed by atoms with Crippen molar-refractivity contribution in [1.29, 1.82) is 0 Å². The lowest BCUT2D eigenvalue weighted by Crippen LogP contribution is -2.22. The molecule has 0 aliphatic carbocycles. The minimum absolute atomic E-state index is 0.158. The number of hydrogen-bond donors (Lipinski definition) is 2. The zero-order valence-corrected chi connectivity index (χ0v) is 12.9. The maximum atomic E-state index is 12.6. The van der Waals surface area contributed by atoms with E-state index in [1.54, 1.807) is 36.5 Å². The molecular weight excluding hydrogens is 316 g/mol. The first kappa shape index (κ1) is 15.1. The number of oxime groups is 1. The molecule has 2 N–H and O–H groups in total. The number of nitrogens with zero attached hydrogens (tertiary/aromatic N) is 3. The number of aryl methyl sites for hydroxylation is 1. The van der Waals surface area contributed by atoms with Crippen LogP contribution < -0.4 is 10.9 Å². The van der Waals surface area contributed by atoms with Gasteiger partial charge >= 0.3 is 0 Å². The van der Waals surface area contributed by atoms with Gasteiger partial charge in [-0.25, -0.2) is 4.98 Å². The Morgan fingerprint density at radius 2 is 2.04 bits per heavy atom. The van der Waals surface area contributed by atoms with E-state index in [4.69, 9.17) is 16.8 Å². The molecule has 116 valence electrons. The highest BCUT2D eigenvalue weighted by atomic mass is 35.5. The third-order valence-electron chi connectivity index (χ3n) is 3.38. The second kappa shape index (κ2) is 6.10. The van der Waals surface area contributed by atoms with E-state index in [1.165, 1.54) is 4.40 Å². The topological polar surface area (TPSA) is 79.0 Å². The van der Waals surface area contributed by atoms with Crippen LogP contribution in [0.15, 0.2) is 52.5 Å². The van der Waals surface area contributed by atoms with E-state index in [0.717, 1.165) is 11.8 Å². The summed E-state index contributed by atoms with van der Waals surface area (Å²) >= 11 is 5.87. The fraction of sp³-hybridized carbons (Fsp3) is 0.0625. The van der Waals surface area contributed by atoms with Gasteiger partial charge in [-0.3, -0.25) is 9.20 Å². The molecule has 1 aromatic carbocycles. The molecule has 0 atom stereocenters. The lowest BCUT2D eigenvalue weighted by Gasteiger charge is -2.11. The summed E-state index contributed by atoms with van der Waals surface area (Å²) in [5.41, 5.74) is 1.94. The Labute approximate surface area is 136 Å². The lowest BCUT2D eigenvalue weighted by molar-refractivity contribution is 0.322. The van der Waals surface area contributed by atoms with Crippen LogP contribution in [0.5, 0.6) is 0 Å². The molecule has 3 aromatic rings. The standard InChI is InChI=1S/C16H13ClN4O2/c1-10-3-2-8-21-15(10)20-14(13(9-18-23)16(21)22)19-12-6-4-11(17)5-7-12/h2-9,19,23H,1H3. The van der Waals surface area contributed by atoms with Crippen LogP contribution in [0.4, 0.5) is 11.5 Å². The van der Waals surface area contributed by atoms with E-state index in [1.807, 2.05) is 13.0 Å². The van der Waals surface area contributed by atoms with Crippen molar-refractivity contribution >= 4 is 35.0 Å². The lowest BCUT2D eigenvalue weighted by atomic mass is 10.2. The van der Waals surface area contributed by atoms with E-state index in [0.29, 0.717) is 22.2 Å². The maximum Gasteiger partial charge on any atom is 0.269 e. The van der Waals surface area contributed by atoms with E-state index in [-0.39, 0.29) is 11.1 Å². The first-order chi connectivity index (χ1) is 11.1. The molecule has 23 heavy (non-hydrogen) atoms. The van der Waals surface area contributed by atoms with Crippen LogP contribution in [-0.4, -0.2) is 20.8 Å². The van der Waals surface area contributed by atoms with Gasteiger partial charge < -0.3 is 10.5 Å². The molecule has 7 heteroatoms. The average Bonchev–Trinajstić information content (AvgIpc) is 2.54. The quantitative estimate of drug-likeness (QED) is 0.439. The second-order valence-corrected chi connectivity index (χ2v) is 5.38. The smallest absolute Gasteiger partial charge is 0.269 e. The van der Waals surface area contributed by atoms with Gasteiger partial charge in [-0.1, -0.05) is 22.8 Å². The molecule has 0 aliphatic rings. The average molecular weight is 329 g/mol. The maximum absolute atomic E-state index is 12.6. The van der Waals surface area contributed by atoms with Crippen molar-refractivity contribution < 1.29 is 5.21 Å². The Kier molecular flexibility index (Phi) is 3.99. The normalized spacial score (nSPS) is 11.2. The highest BCUT2D eigenvalue weighted by molar-refractivity contribution is 6.30. The summed E-state index contributed by atoms with van der Waals surface area (Å²) in [6.07, 6.45) is 2.70. The third kappa shape index (κ3) is 2.89. The monoisotopic (exact) mass is 328 g/mol. The van der Waals surface area contributed by atoms with Gasteiger partial charge in [-0.15, -0.1) is 0 Å². The number of rotatable bonds is 3. The Bertz CT molecular complexity index is 949. The first-order valence-corrected chi connectivity index (χ1v) is 7.20. The van der Waals surface area contributed by atoms with Crippen LogP contribution >= 0.6 is 11.6 Å². The van der Waals surface area contributed by atoms with Crippen molar-refractivity contribution in [2.24, 2.45) is 5.16 Å². The molecule has 0 saturated carbocycles. The van der Waals surface area contributed by atoms with Crippen molar-refractivity contribution in [1.82, 2.24) is 9.38 Å². The molecule has 0 fully saturated rings. The molecule has 0 bridgehead atoms. The predicted molar refractivity (Wildman–Crippen MR) is 90.3 cm³/mol. The fourth-order valence-electron chi connectivity index (χ4n) is 2.25. The number of anilines is 2. The van der Waals surface area contributed by atoms with Gasteiger partial charge in [0.25, 0.3) is 5.56 Å². The zero-order chi connectivity index (χ0) is 16.4. The number of halogens is 1. The molecule has 2 heterocycles. The first-order valence-electron chi connectivity index (χ1n) is 6.82. The van der Waals surface area contributed by atoms with Gasteiger partial charge in [0.15, 0.2) is 0 Å². The molecule has 3 rings (SSSR count). The summed E-state index contributed by atoms with van der Waals surface area (Å²) in [5.74, 6) is 0.310. The van der Waals surface area contributed by atoms with E-state index in [2.05, 4.69) is 15.5 Å². The number of nitrogens with one attached hydrogen (secondary N) is 1. The SMILES string of the molecule is Cc1cccn2c(=O)c(C=NO)c(Nc3ccc(Cl)cc3)nc12. The summed E-state index contributed by atoms with van der Waals surface area (Å²) in [5, 5.41) is 15.5. The molecule has 0 saturated heterocycles. The molecule has 2 aromatic heterocycles. The summed E-state index contributed by atoms with van der Waals surface area (Å²) < 4.78 is 1.42. The molecule has 0 unspecified atom stereocenters. The van der Waals surface area contributed by atoms with Crippen molar-refractivity contribution in [2.75, 3.05) is 5.32 Å². The molecule has 0 spiro atoms. The highest BCUT2D eigenvalue weighted by Gasteiger charge is 2.13. The minimum Gasteiger partial charge on any atom is -0.411 e. The molecular formula is C16H13ClN4O2. The van der Waals surface area contributed by atoms with Crippen LogP contribution in [0.2, 0.25) is 5.02 Å². The fourth-order valence-corrected chi connectivity index (χ4v) is 2.38. The Morgan fingerprint density at radius 1 is 1.30 bits per heavy atom. The number of hydrogen-bond acceptors (Lipinski definition) is 5. The number of benzene rings is 1. The van der Waals surface area contributed by atoms with Crippen molar-refractivity contribution in [3.05, 3.63) is 69.1 Å². The van der Waals surface area contributed by atoms with Crippen LogP contribution in [0, 0.1) is 6.92 Å². The largest absolute Gasteiger partial charge is 0.411 e. The highest BCUT2D eigenvalue weighted by Crippen LogP contribution is 2.20. The number of aromatic nitrogens is 2. The Balaban J connectivity index is 2.21. The van der Waals surface area contributed by atoms with Crippen molar-refractivity contribution in [3.8, 4) is 0 Å². The van der Waals surface area contributed by atoms with Gasteiger partial charge in [-0.05, 0) is 42.8 Å². The van der Waals surface area contributed by atoms with E-state index < -0.39 is 0 Å².